The second kappa shape index (κ2) is 6.51. The minimum Gasteiger partial charge on any atom is -0.480 e. The Balaban J connectivity index is 1.52. The van der Waals surface area contributed by atoms with Crippen LogP contribution in [0.5, 0.6) is 11.5 Å². The Morgan fingerprint density at radius 1 is 1.26 bits per heavy atom. The number of aryl methyl sites for hydroxylation is 1. The summed E-state index contributed by atoms with van der Waals surface area (Å²) < 4.78 is 70.9. The summed E-state index contributed by atoms with van der Waals surface area (Å²) in [5.41, 5.74) is 1.74. The second-order valence-electron chi connectivity index (χ2n) is 9.88. The van der Waals surface area contributed by atoms with Crippen LogP contribution < -0.4 is 14.1 Å². The van der Waals surface area contributed by atoms with Gasteiger partial charge in [-0.3, -0.25) is 0 Å². The lowest BCUT2D eigenvalue weighted by Gasteiger charge is -2.52. The Morgan fingerprint density at radius 3 is 2.68 bits per heavy atom. The normalized spacial score (nSPS) is 38.5. The second-order valence-corrected chi connectivity index (χ2v) is 11.0. The monoisotopic (exact) mass is 461 g/mol. The molecule has 172 valence electrons. The first-order valence-corrected chi connectivity index (χ1v) is 12.1. The molecule has 6 atom stereocenters. The van der Waals surface area contributed by atoms with E-state index in [1.807, 2.05) is 0 Å². The van der Waals surface area contributed by atoms with Crippen molar-refractivity contribution in [2.45, 2.75) is 63.6 Å². The SMILES string of the molecule is C[C@]12CCC3c4cc(OCC(F)(F)F)c(OS(N)(=O)=O)cc4CCC3[C@@]13C[C@H]3C[C@H]2O. The van der Waals surface area contributed by atoms with E-state index in [-0.39, 0.29) is 34.4 Å². The van der Waals surface area contributed by atoms with Gasteiger partial charge in [0.15, 0.2) is 18.1 Å². The van der Waals surface area contributed by atoms with Gasteiger partial charge in [-0.2, -0.15) is 26.7 Å². The molecule has 0 heterocycles. The van der Waals surface area contributed by atoms with E-state index in [1.165, 1.54) is 12.1 Å². The van der Waals surface area contributed by atoms with Crippen molar-refractivity contribution in [3.63, 3.8) is 0 Å². The van der Waals surface area contributed by atoms with Crippen LogP contribution in [0.15, 0.2) is 12.1 Å². The van der Waals surface area contributed by atoms with Gasteiger partial charge in [0, 0.05) is 0 Å². The predicted molar refractivity (Wildman–Crippen MR) is 105 cm³/mol. The lowest BCUT2D eigenvalue weighted by Crippen LogP contribution is -2.47. The van der Waals surface area contributed by atoms with Crippen molar-refractivity contribution in [1.82, 2.24) is 0 Å². The highest BCUT2D eigenvalue weighted by Gasteiger charge is 2.76. The number of ether oxygens (including phenoxy) is 1. The van der Waals surface area contributed by atoms with Crippen LogP contribution in [0.2, 0.25) is 0 Å². The number of hydrogen-bond donors (Lipinski definition) is 2. The first kappa shape index (κ1) is 21.3. The summed E-state index contributed by atoms with van der Waals surface area (Å²) >= 11 is 0. The molecule has 0 aliphatic heterocycles. The molecule has 0 aromatic heterocycles. The fraction of sp³-hybridized carbons (Fsp3) is 0.714. The number of nitrogens with two attached hydrogens (primary N) is 1. The van der Waals surface area contributed by atoms with Gasteiger partial charge in [0.05, 0.1) is 6.10 Å². The molecule has 1 spiro atoms. The van der Waals surface area contributed by atoms with Crippen LogP contribution >= 0.6 is 0 Å². The molecule has 0 radical (unpaired) electrons. The van der Waals surface area contributed by atoms with Gasteiger partial charge in [-0.1, -0.05) is 6.92 Å². The summed E-state index contributed by atoms with van der Waals surface area (Å²) in [6, 6.07) is 2.97. The Kier molecular flexibility index (Phi) is 4.48. The highest BCUT2D eigenvalue weighted by Crippen LogP contribution is 2.81. The molecule has 3 saturated carbocycles. The number of fused-ring (bicyclic) bond motifs is 3. The Labute approximate surface area is 179 Å². The number of benzene rings is 1. The minimum atomic E-state index is -4.58. The molecule has 1 aromatic rings. The highest BCUT2D eigenvalue weighted by atomic mass is 32.2. The number of aliphatic hydroxyl groups excluding tert-OH is 1. The third kappa shape index (κ3) is 3.24. The fourth-order valence-corrected chi connectivity index (χ4v) is 7.64. The molecule has 6 nitrogen and oxygen atoms in total. The first-order valence-electron chi connectivity index (χ1n) is 10.6. The van der Waals surface area contributed by atoms with Crippen molar-refractivity contribution in [3.05, 3.63) is 23.3 Å². The van der Waals surface area contributed by atoms with E-state index < -0.39 is 23.1 Å². The zero-order valence-electron chi connectivity index (χ0n) is 17.1. The summed E-state index contributed by atoms with van der Waals surface area (Å²) in [5.74, 6) is 0.414. The number of halogens is 3. The lowest BCUT2D eigenvalue weighted by molar-refractivity contribution is -0.153. The van der Waals surface area contributed by atoms with Crippen LogP contribution in [-0.4, -0.2) is 32.4 Å². The summed E-state index contributed by atoms with van der Waals surface area (Å²) in [6.45, 7) is 0.633. The predicted octanol–water partition coefficient (Wildman–Crippen LogP) is 3.43. The Morgan fingerprint density at radius 2 is 2.00 bits per heavy atom. The standard InChI is InChI=1S/C21H26F3NO5S/c1-19-5-4-13-14-8-16(29-10-21(22,23)24)17(30-31(25,27)28)6-11(14)2-3-15(13)20(19)9-12(20)7-18(19)26/h6,8,12-13,15,18,26H,2-5,7,9-10H2,1H3,(H2,25,27,28)/t12-,13?,15?,18-,19-,20+/m1/s1. The van der Waals surface area contributed by atoms with Crippen molar-refractivity contribution in [2.75, 3.05) is 6.61 Å². The van der Waals surface area contributed by atoms with Gasteiger partial charge >= 0.3 is 16.5 Å². The molecule has 1 aromatic carbocycles. The molecule has 0 saturated heterocycles. The topological polar surface area (TPSA) is 98.9 Å². The van der Waals surface area contributed by atoms with Gasteiger partial charge in [-0.25, -0.2) is 0 Å². The minimum absolute atomic E-state index is 0.0930. The average molecular weight is 462 g/mol. The molecule has 31 heavy (non-hydrogen) atoms. The summed E-state index contributed by atoms with van der Waals surface area (Å²) in [4.78, 5) is 0. The molecule has 10 heteroatoms. The molecular weight excluding hydrogens is 435 g/mol. The van der Waals surface area contributed by atoms with Gasteiger partial charge in [-0.15, -0.1) is 0 Å². The largest absolute Gasteiger partial charge is 0.480 e. The first-order chi connectivity index (χ1) is 14.3. The molecule has 3 N–H and O–H groups in total. The van der Waals surface area contributed by atoms with Gasteiger partial charge in [0.1, 0.15) is 0 Å². The van der Waals surface area contributed by atoms with Crippen LogP contribution in [-0.2, 0) is 16.7 Å². The highest BCUT2D eigenvalue weighted by molar-refractivity contribution is 7.84. The van der Waals surface area contributed by atoms with Crippen molar-refractivity contribution < 1.29 is 35.6 Å². The number of hydrogen-bond acceptors (Lipinski definition) is 5. The van der Waals surface area contributed by atoms with E-state index in [1.54, 1.807) is 0 Å². The maximum absolute atomic E-state index is 12.8. The molecular formula is C21H26F3NO5S. The smallest absolute Gasteiger partial charge is 0.422 e. The molecule has 3 fully saturated rings. The summed E-state index contributed by atoms with van der Waals surface area (Å²) in [5, 5.41) is 15.6. The molecule has 2 unspecified atom stereocenters. The van der Waals surface area contributed by atoms with Gasteiger partial charge < -0.3 is 14.0 Å². The Hall–Kier alpha value is -1.52. The van der Waals surface area contributed by atoms with E-state index in [4.69, 9.17) is 14.1 Å². The lowest BCUT2D eigenvalue weighted by atomic mass is 9.52. The molecule has 4 aliphatic rings. The van der Waals surface area contributed by atoms with E-state index in [2.05, 4.69) is 6.92 Å². The quantitative estimate of drug-likeness (QED) is 0.716. The van der Waals surface area contributed by atoms with E-state index in [9.17, 15) is 26.7 Å². The maximum Gasteiger partial charge on any atom is 0.422 e. The average Bonchev–Trinajstić information content (AvgIpc) is 3.30. The maximum atomic E-state index is 12.8. The number of rotatable bonds is 4. The van der Waals surface area contributed by atoms with E-state index in [0.29, 0.717) is 18.3 Å². The summed E-state index contributed by atoms with van der Waals surface area (Å²) in [6.07, 6.45) is 0.294. The van der Waals surface area contributed by atoms with Crippen LogP contribution in [0.1, 0.15) is 56.1 Å². The van der Waals surface area contributed by atoms with Gasteiger partial charge in [-0.05, 0) is 90.4 Å². The van der Waals surface area contributed by atoms with Crippen molar-refractivity contribution in [1.29, 1.82) is 0 Å². The van der Waals surface area contributed by atoms with E-state index in [0.717, 1.165) is 43.2 Å². The van der Waals surface area contributed by atoms with E-state index >= 15 is 0 Å². The van der Waals surface area contributed by atoms with Crippen molar-refractivity contribution in [3.8, 4) is 11.5 Å². The van der Waals surface area contributed by atoms with Crippen LogP contribution in [0.4, 0.5) is 13.2 Å². The van der Waals surface area contributed by atoms with Gasteiger partial charge in [0.25, 0.3) is 0 Å². The fourth-order valence-electron chi connectivity index (χ4n) is 7.26. The number of aliphatic hydroxyl groups is 1. The van der Waals surface area contributed by atoms with Crippen molar-refractivity contribution >= 4 is 10.3 Å². The molecule has 0 amide bonds. The molecule has 0 bridgehead atoms. The zero-order valence-corrected chi connectivity index (χ0v) is 17.9. The van der Waals surface area contributed by atoms with Crippen LogP contribution in [0.25, 0.3) is 0 Å². The molecule has 5 rings (SSSR count). The van der Waals surface area contributed by atoms with Crippen LogP contribution in [0, 0.1) is 22.7 Å². The van der Waals surface area contributed by atoms with Gasteiger partial charge in [0.2, 0.25) is 0 Å². The third-order valence-corrected chi connectivity index (χ3v) is 8.92. The third-order valence-electron chi connectivity index (χ3n) is 8.51. The Bertz CT molecular complexity index is 1030. The van der Waals surface area contributed by atoms with Crippen molar-refractivity contribution in [2.24, 2.45) is 27.8 Å². The number of alkyl halides is 3. The van der Waals surface area contributed by atoms with Crippen LogP contribution in [0.3, 0.4) is 0 Å². The summed E-state index contributed by atoms with van der Waals surface area (Å²) in [7, 11) is -4.42. The molecule has 4 aliphatic carbocycles. The zero-order chi connectivity index (χ0) is 22.4.